The number of likely N-dealkylation sites (tertiary alicyclic amines) is 1. The topological polar surface area (TPSA) is 83.6 Å². The van der Waals surface area contributed by atoms with Gasteiger partial charge in [0, 0.05) is 30.6 Å². The Morgan fingerprint density at radius 2 is 1.68 bits per heavy atom. The van der Waals surface area contributed by atoms with E-state index >= 15 is 0 Å². The van der Waals surface area contributed by atoms with E-state index in [9.17, 15) is 18.0 Å². The molecule has 1 aliphatic rings. The summed E-state index contributed by atoms with van der Waals surface area (Å²) < 4.78 is 23.2. The molecule has 1 unspecified atom stereocenters. The number of carbonyl (C=O) groups is 2. The lowest BCUT2D eigenvalue weighted by atomic mass is 9.95. The van der Waals surface area contributed by atoms with Crippen molar-refractivity contribution in [2.45, 2.75) is 17.7 Å². The second-order valence-electron chi connectivity index (χ2n) is 7.90. The van der Waals surface area contributed by atoms with Crippen LogP contribution in [0.1, 0.15) is 23.2 Å². The van der Waals surface area contributed by atoms with Gasteiger partial charge in [-0.05, 0) is 53.9 Å². The molecule has 3 aromatic rings. The third-order valence-electron chi connectivity index (χ3n) is 5.65. The average Bonchev–Trinajstić information content (AvgIpc) is 2.78. The molecule has 1 heterocycles. The number of piperidine rings is 1. The zero-order chi connectivity index (χ0) is 22.0. The van der Waals surface area contributed by atoms with E-state index in [1.807, 2.05) is 42.5 Å². The largest absolute Gasteiger partial charge is 0.338 e. The molecule has 1 saturated heterocycles. The van der Waals surface area contributed by atoms with Gasteiger partial charge in [0.2, 0.25) is 5.91 Å². The highest BCUT2D eigenvalue weighted by Gasteiger charge is 2.29. The molecule has 4 rings (SSSR count). The minimum absolute atomic E-state index is 0.0631. The van der Waals surface area contributed by atoms with Crippen molar-refractivity contribution < 1.29 is 18.0 Å². The molecule has 0 aliphatic carbocycles. The first-order chi connectivity index (χ1) is 14.8. The first kappa shape index (κ1) is 21.1. The van der Waals surface area contributed by atoms with Crippen molar-refractivity contribution in [3.8, 4) is 0 Å². The van der Waals surface area contributed by atoms with Crippen LogP contribution in [0.2, 0.25) is 0 Å². The molecule has 31 heavy (non-hydrogen) atoms. The Balaban J connectivity index is 1.46. The van der Waals surface area contributed by atoms with E-state index in [-0.39, 0.29) is 22.6 Å². The van der Waals surface area contributed by atoms with E-state index in [2.05, 4.69) is 5.32 Å². The van der Waals surface area contributed by atoms with Crippen molar-refractivity contribution >= 4 is 38.1 Å². The molecule has 0 aromatic heterocycles. The molecular formula is C24H24N2O4S. The van der Waals surface area contributed by atoms with E-state index in [0.29, 0.717) is 30.8 Å². The van der Waals surface area contributed by atoms with Crippen LogP contribution in [0.15, 0.2) is 71.6 Å². The Morgan fingerprint density at radius 3 is 2.42 bits per heavy atom. The molecule has 1 N–H and O–H groups in total. The maximum Gasteiger partial charge on any atom is 0.254 e. The molecule has 0 radical (unpaired) electrons. The molecule has 0 saturated carbocycles. The van der Waals surface area contributed by atoms with Crippen LogP contribution in [0.25, 0.3) is 10.8 Å². The highest BCUT2D eigenvalue weighted by molar-refractivity contribution is 7.90. The first-order valence-electron chi connectivity index (χ1n) is 10.2. The maximum atomic E-state index is 13.2. The van der Waals surface area contributed by atoms with E-state index in [4.69, 9.17) is 0 Å². The van der Waals surface area contributed by atoms with Crippen molar-refractivity contribution in [1.82, 2.24) is 4.90 Å². The average molecular weight is 437 g/mol. The Labute approximate surface area is 181 Å². The summed E-state index contributed by atoms with van der Waals surface area (Å²) in [5, 5.41) is 4.77. The predicted octanol–water partition coefficient (Wildman–Crippen LogP) is 3.73. The number of hydrogen-bond donors (Lipinski definition) is 1. The molecule has 1 atom stereocenters. The lowest BCUT2D eigenvalue weighted by molar-refractivity contribution is -0.121. The third-order valence-corrected chi connectivity index (χ3v) is 6.78. The van der Waals surface area contributed by atoms with Crippen molar-refractivity contribution in [3.63, 3.8) is 0 Å². The van der Waals surface area contributed by atoms with Crippen LogP contribution in [0.5, 0.6) is 0 Å². The molecule has 1 fully saturated rings. The van der Waals surface area contributed by atoms with E-state index in [1.165, 1.54) is 12.1 Å². The Hall–Kier alpha value is -3.19. The third kappa shape index (κ3) is 4.61. The lowest BCUT2D eigenvalue weighted by Gasteiger charge is -2.32. The van der Waals surface area contributed by atoms with Crippen molar-refractivity contribution in [2.75, 3.05) is 24.7 Å². The number of rotatable bonds is 4. The maximum absolute atomic E-state index is 13.2. The number of nitrogens with zero attached hydrogens (tertiary/aromatic N) is 1. The minimum Gasteiger partial charge on any atom is -0.338 e. The molecule has 3 aromatic carbocycles. The van der Waals surface area contributed by atoms with Crippen LogP contribution in [0, 0.1) is 5.92 Å². The predicted molar refractivity (Wildman–Crippen MR) is 121 cm³/mol. The van der Waals surface area contributed by atoms with Gasteiger partial charge in [-0.15, -0.1) is 0 Å². The zero-order valence-electron chi connectivity index (χ0n) is 17.2. The van der Waals surface area contributed by atoms with Crippen LogP contribution < -0.4 is 5.32 Å². The summed E-state index contributed by atoms with van der Waals surface area (Å²) in [5.74, 6) is -0.545. The van der Waals surface area contributed by atoms with Gasteiger partial charge in [0.05, 0.1) is 10.8 Å². The Kier molecular flexibility index (Phi) is 5.78. The fourth-order valence-corrected chi connectivity index (χ4v) is 4.62. The van der Waals surface area contributed by atoms with Crippen LogP contribution in [-0.2, 0) is 14.6 Å². The summed E-state index contributed by atoms with van der Waals surface area (Å²) in [4.78, 5) is 28.0. The van der Waals surface area contributed by atoms with Gasteiger partial charge < -0.3 is 10.2 Å². The first-order valence-corrected chi connectivity index (χ1v) is 12.1. The van der Waals surface area contributed by atoms with Gasteiger partial charge in [-0.2, -0.15) is 0 Å². The number of carbonyl (C=O) groups excluding carboxylic acids is 2. The molecular weight excluding hydrogens is 412 g/mol. The molecule has 6 nitrogen and oxygen atoms in total. The smallest absolute Gasteiger partial charge is 0.254 e. The van der Waals surface area contributed by atoms with Crippen LogP contribution in [0.3, 0.4) is 0 Å². The summed E-state index contributed by atoms with van der Waals surface area (Å²) in [6.07, 6.45) is 2.60. The van der Waals surface area contributed by atoms with Gasteiger partial charge in [0.25, 0.3) is 5.91 Å². The number of sulfone groups is 1. The fraction of sp³-hybridized carbons (Fsp3) is 0.250. The number of anilines is 1. The number of hydrogen-bond acceptors (Lipinski definition) is 4. The van der Waals surface area contributed by atoms with Crippen LogP contribution in [0.4, 0.5) is 5.69 Å². The van der Waals surface area contributed by atoms with Gasteiger partial charge in [-0.3, -0.25) is 9.59 Å². The number of benzene rings is 3. The van der Waals surface area contributed by atoms with E-state index < -0.39 is 9.84 Å². The van der Waals surface area contributed by atoms with Gasteiger partial charge in [-0.25, -0.2) is 8.42 Å². The fourth-order valence-electron chi connectivity index (χ4n) is 3.99. The van der Waals surface area contributed by atoms with Crippen molar-refractivity contribution in [2.24, 2.45) is 5.92 Å². The molecule has 160 valence electrons. The van der Waals surface area contributed by atoms with Crippen LogP contribution >= 0.6 is 0 Å². The number of nitrogens with one attached hydrogen (secondary N) is 1. The van der Waals surface area contributed by atoms with Gasteiger partial charge in [0.1, 0.15) is 0 Å². The van der Waals surface area contributed by atoms with Crippen LogP contribution in [-0.4, -0.2) is 44.5 Å². The lowest BCUT2D eigenvalue weighted by Crippen LogP contribution is -2.43. The zero-order valence-corrected chi connectivity index (χ0v) is 18.1. The molecule has 2 amide bonds. The van der Waals surface area contributed by atoms with E-state index in [0.717, 1.165) is 23.4 Å². The summed E-state index contributed by atoms with van der Waals surface area (Å²) >= 11 is 0. The summed E-state index contributed by atoms with van der Waals surface area (Å²) in [7, 11) is -3.28. The van der Waals surface area contributed by atoms with Gasteiger partial charge >= 0.3 is 0 Å². The highest BCUT2D eigenvalue weighted by atomic mass is 32.2. The molecule has 0 spiro atoms. The summed E-state index contributed by atoms with van der Waals surface area (Å²) in [5.41, 5.74) is 1.19. The van der Waals surface area contributed by atoms with Gasteiger partial charge in [0.15, 0.2) is 9.84 Å². The standard InChI is InChI=1S/C24H24N2O4S/c1-31(29,30)20-13-11-19(12-14-20)25-23(27)18-8-5-15-26(16-18)24(28)22-10-4-7-17-6-2-3-9-21(17)22/h2-4,6-7,9-14,18H,5,8,15-16H2,1H3,(H,25,27). The second-order valence-corrected chi connectivity index (χ2v) is 9.92. The second kappa shape index (κ2) is 8.51. The Bertz CT molecular complexity index is 1230. The number of amides is 2. The van der Waals surface area contributed by atoms with Crippen molar-refractivity contribution in [3.05, 3.63) is 72.3 Å². The van der Waals surface area contributed by atoms with Crippen molar-refractivity contribution in [1.29, 1.82) is 0 Å². The highest BCUT2D eigenvalue weighted by Crippen LogP contribution is 2.24. The monoisotopic (exact) mass is 436 g/mol. The number of fused-ring (bicyclic) bond motifs is 1. The normalized spacial score (nSPS) is 16.8. The summed E-state index contributed by atoms with van der Waals surface area (Å²) in [6, 6.07) is 19.6. The molecule has 1 aliphatic heterocycles. The molecule has 7 heteroatoms. The minimum atomic E-state index is -3.28. The Morgan fingerprint density at radius 1 is 0.968 bits per heavy atom. The summed E-state index contributed by atoms with van der Waals surface area (Å²) in [6.45, 7) is 0.976. The quantitative estimate of drug-likeness (QED) is 0.675. The molecule has 0 bridgehead atoms. The SMILES string of the molecule is CS(=O)(=O)c1ccc(NC(=O)C2CCCN(C(=O)c3cccc4ccccc34)C2)cc1. The van der Waals surface area contributed by atoms with Gasteiger partial charge in [-0.1, -0.05) is 36.4 Å². The van der Waals surface area contributed by atoms with E-state index in [1.54, 1.807) is 17.0 Å².